The summed E-state index contributed by atoms with van der Waals surface area (Å²) in [7, 11) is 0. The summed E-state index contributed by atoms with van der Waals surface area (Å²) in [5.41, 5.74) is 1.10. The molecule has 0 aliphatic carbocycles. The third kappa shape index (κ3) is 3.90. The normalized spacial score (nSPS) is 9.95. The van der Waals surface area contributed by atoms with Crippen LogP contribution in [0.2, 0.25) is 0 Å². The second kappa shape index (κ2) is 6.49. The summed E-state index contributed by atoms with van der Waals surface area (Å²) in [6.07, 6.45) is 0. The maximum atomic E-state index is 11.6. The number of halogens is 1. The van der Waals surface area contributed by atoms with Gasteiger partial charge in [0.05, 0.1) is 11.3 Å². The summed E-state index contributed by atoms with van der Waals surface area (Å²) in [6, 6.07) is 8.86. The standard InChI is InChI=1S/C13H10BrNO3S/c14-10-3-1-2-4-11(10)15-12(16)7-18-13(17)9-5-6-19-8-9/h1-6,8H,7H2,(H,15,16). The minimum Gasteiger partial charge on any atom is -0.452 e. The van der Waals surface area contributed by atoms with E-state index in [9.17, 15) is 9.59 Å². The molecule has 98 valence electrons. The van der Waals surface area contributed by atoms with Gasteiger partial charge in [-0.3, -0.25) is 4.79 Å². The molecule has 0 spiro atoms. The molecule has 2 rings (SSSR count). The monoisotopic (exact) mass is 339 g/mol. The Morgan fingerprint density at radius 3 is 2.74 bits per heavy atom. The number of benzene rings is 1. The Morgan fingerprint density at radius 2 is 2.05 bits per heavy atom. The van der Waals surface area contributed by atoms with Gasteiger partial charge >= 0.3 is 5.97 Å². The predicted octanol–water partition coefficient (Wildman–Crippen LogP) is 3.31. The fourth-order valence-electron chi connectivity index (χ4n) is 1.34. The van der Waals surface area contributed by atoms with E-state index in [2.05, 4.69) is 21.2 Å². The molecule has 0 radical (unpaired) electrons. The number of anilines is 1. The zero-order valence-electron chi connectivity index (χ0n) is 9.76. The molecular weight excluding hydrogens is 330 g/mol. The van der Waals surface area contributed by atoms with Crippen LogP contribution < -0.4 is 5.32 Å². The molecular formula is C13H10BrNO3S. The highest BCUT2D eigenvalue weighted by molar-refractivity contribution is 9.10. The number of rotatable bonds is 4. The van der Waals surface area contributed by atoms with Gasteiger partial charge in [0.2, 0.25) is 0 Å². The average Bonchev–Trinajstić information content (AvgIpc) is 2.93. The van der Waals surface area contributed by atoms with Gasteiger partial charge in [0.1, 0.15) is 0 Å². The smallest absolute Gasteiger partial charge is 0.339 e. The zero-order chi connectivity index (χ0) is 13.7. The van der Waals surface area contributed by atoms with E-state index in [-0.39, 0.29) is 12.5 Å². The second-order valence-corrected chi connectivity index (χ2v) is 5.25. The molecule has 0 fully saturated rings. The van der Waals surface area contributed by atoms with Gasteiger partial charge < -0.3 is 10.1 Å². The SMILES string of the molecule is O=C(COC(=O)c1ccsc1)Nc1ccccc1Br. The van der Waals surface area contributed by atoms with E-state index in [1.165, 1.54) is 11.3 Å². The highest BCUT2D eigenvalue weighted by atomic mass is 79.9. The van der Waals surface area contributed by atoms with Gasteiger partial charge in [0.25, 0.3) is 5.91 Å². The number of carbonyl (C=O) groups is 2. The molecule has 0 aliphatic rings. The first-order chi connectivity index (χ1) is 9.16. The molecule has 1 aromatic carbocycles. The van der Waals surface area contributed by atoms with Gasteiger partial charge in [0.15, 0.2) is 6.61 Å². The second-order valence-electron chi connectivity index (χ2n) is 3.62. The number of esters is 1. The summed E-state index contributed by atoms with van der Waals surface area (Å²) in [5, 5.41) is 6.10. The molecule has 1 aromatic heterocycles. The lowest BCUT2D eigenvalue weighted by Crippen LogP contribution is -2.20. The summed E-state index contributed by atoms with van der Waals surface area (Å²) in [4.78, 5) is 23.2. The van der Waals surface area contributed by atoms with Crippen LogP contribution in [-0.2, 0) is 9.53 Å². The van der Waals surface area contributed by atoms with Crippen molar-refractivity contribution in [3.8, 4) is 0 Å². The van der Waals surface area contributed by atoms with Crippen LogP contribution in [-0.4, -0.2) is 18.5 Å². The Kier molecular flexibility index (Phi) is 4.70. The summed E-state index contributed by atoms with van der Waals surface area (Å²) >= 11 is 4.71. The van der Waals surface area contributed by atoms with Gasteiger partial charge in [-0.1, -0.05) is 12.1 Å². The van der Waals surface area contributed by atoms with Crippen molar-refractivity contribution in [1.82, 2.24) is 0 Å². The van der Waals surface area contributed by atoms with Crippen LogP contribution in [0.15, 0.2) is 45.6 Å². The molecule has 19 heavy (non-hydrogen) atoms. The van der Waals surface area contributed by atoms with Gasteiger partial charge in [-0.25, -0.2) is 4.79 Å². The van der Waals surface area contributed by atoms with Crippen molar-refractivity contribution in [1.29, 1.82) is 0 Å². The number of amides is 1. The molecule has 1 heterocycles. The minimum atomic E-state index is -0.497. The molecule has 0 atom stereocenters. The fourth-order valence-corrected chi connectivity index (χ4v) is 2.35. The molecule has 0 bridgehead atoms. The Bertz CT molecular complexity index is 583. The highest BCUT2D eigenvalue weighted by Gasteiger charge is 2.11. The van der Waals surface area contributed by atoms with Gasteiger partial charge in [-0.2, -0.15) is 11.3 Å². The van der Waals surface area contributed by atoms with Crippen LogP contribution in [0.3, 0.4) is 0 Å². The minimum absolute atomic E-state index is 0.310. The van der Waals surface area contributed by atoms with Crippen molar-refractivity contribution < 1.29 is 14.3 Å². The third-order valence-corrected chi connectivity index (χ3v) is 3.61. The third-order valence-electron chi connectivity index (χ3n) is 2.24. The molecule has 0 saturated heterocycles. The number of thiophene rings is 1. The van der Waals surface area contributed by atoms with Gasteiger partial charge in [-0.05, 0) is 39.5 Å². The van der Waals surface area contributed by atoms with E-state index in [1.54, 1.807) is 29.0 Å². The molecule has 1 amide bonds. The van der Waals surface area contributed by atoms with Crippen molar-refractivity contribution in [2.24, 2.45) is 0 Å². The Balaban J connectivity index is 1.86. The van der Waals surface area contributed by atoms with Crippen molar-refractivity contribution in [3.63, 3.8) is 0 Å². The van der Waals surface area contributed by atoms with Gasteiger partial charge in [0, 0.05) is 9.85 Å². The lowest BCUT2D eigenvalue weighted by molar-refractivity contribution is -0.119. The Labute approximate surface area is 122 Å². The highest BCUT2D eigenvalue weighted by Crippen LogP contribution is 2.20. The van der Waals surface area contributed by atoms with Crippen LogP contribution in [0.1, 0.15) is 10.4 Å². The Morgan fingerprint density at radius 1 is 1.26 bits per heavy atom. The molecule has 1 N–H and O–H groups in total. The van der Waals surface area contributed by atoms with E-state index in [0.717, 1.165) is 4.47 Å². The first-order valence-corrected chi connectivity index (χ1v) is 7.14. The molecule has 0 unspecified atom stereocenters. The maximum Gasteiger partial charge on any atom is 0.339 e. The number of para-hydroxylation sites is 1. The number of carbonyl (C=O) groups excluding carboxylic acids is 2. The lowest BCUT2D eigenvalue weighted by atomic mass is 10.3. The molecule has 2 aromatic rings. The van der Waals surface area contributed by atoms with Crippen LogP contribution in [0, 0.1) is 0 Å². The van der Waals surface area contributed by atoms with Crippen LogP contribution in [0.5, 0.6) is 0 Å². The van der Waals surface area contributed by atoms with Crippen LogP contribution >= 0.6 is 27.3 Å². The quantitative estimate of drug-likeness (QED) is 0.869. The number of hydrogen-bond donors (Lipinski definition) is 1. The van der Waals surface area contributed by atoms with Crippen molar-refractivity contribution in [2.75, 3.05) is 11.9 Å². The van der Waals surface area contributed by atoms with E-state index in [4.69, 9.17) is 4.74 Å². The van der Waals surface area contributed by atoms with E-state index >= 15 is 0 Å². The fraction of sp³-hybridized carbons (Fsp3) is 0.0769. The molecule has 6 heteroatoms. The first-order valence-electron chi connectivity index (χ1n) is 5.40. The lowest BCUT2D eigenvalue weighted by Gasteiger charge is -2.07. The molecule has 4 nitrogen and oxygen atoms in total. The van der Waals surface area contributed by atoms with Crippen molar-refractivity contribution in [3.05, 3.63) is 51.1 Å². The van der Waals surface area contributed by atoms with E-state index in [0.29, 0.717) is 11.3 Å². The summed E-state index contributed by atoms with van der Waals surface area (Å²) in [6.45, 7) is -0.310. The van der Waals surface area contributed by atoms with Crippen molar-refractivity contribution in [2.45, 2.75) is 0 Å². The van der Waals surface area contributed by atoms with Gasteiger partial charge in [-0.15, -0.1) is 0 Å². The van der Waals surface area contributed by atoms with Crippen LogP contribution in [0.25, 0.3) is 0 Å². The van der Waals surface area contributed by atoms with E-state index < -0.39 is 5.97 Å². The number of hydrogen-bond acceptors (Lipinski definition) is 4. The topological polar surface area (TPSA) is 55.4 Å². The predicted molar refractivity (Wildman–Crippen MR) is 77.4 cm³/mol. The zero-order valence-corrected chi connectivity index (χ0v) is 12.2. The largest absolute Gasteiger partial charge is 0.452 e. The number of nitrogens with one attached hydrogen (secondary N) is 1. The van der Waals surface area contributed by atoms with Crippen molar-refractivity contribution >= 4 is 44.8 Å². The molecule has 0 aliphatic heterocycles. The first kappa shape index (κ1) is 13.8. The van der Waals surface area contributed by atoms with Crippen LogP contribution in [0.4, 0.5) is 5.69 Å². The summed E-state index contributed by atoms with van der Waals surface area (Å²) < 4.78 is 5.67. The average molecular weight is 340 g/mol. The number of ether oxygens (including phenoxy) is 1. The molecule has 0 saturated carbocycles. The Hall–Kier alpha value is -1.66. The van der Waals surface area contributed by atoms with E-state index in [1.807, 2.05) is 12.1 Å². The maximum absolute atomic E-state index is 11.6. The summed E-state index contributed by atoms with van der Waals surface area (Å²) in [5.74, 6) is -0.876.